The molecular weight excluding hydrogens is 444 g/mol. The maximum absolute atomic E-state index is 12.1. The molecule has 0 bridgehead atoms. The molecular formula is C25H46O9. The summed E-state index contributed by atoms with van der Waals surface area (Å²) in [7, 11) is 0. The minimum Gasteiger partial charge on any atom is -0.479 e. The lowest BCUT2D eigenvalue weighted by atomic mass is 9.91. The van der Waals surface area contributed by atoms with Gasteiger partial charge in [-0.2, -0.15) is 0 Å². The molecule has 0 aliphatic heterocycles. The number of hydrogen-bond donors (Lipinski definition) is 4. The average molecular weight is 491 g/mol. The van der Waals surface area contributed by atoms with E-state index in [1.165, 1.54) is 0 Å². The van der Waals surface area contributed by atoms with Crippen molar-refractivity contribution in [1.82, 2.24) is 0 Å². The van der Waals surface area contributed by atoms with Crippen LogP contribution in [0.4, 0.5) is 0 Å². The van der Waals surface area contributed by atoms with Crippen LogP contribution in [0.3, 0.4) is 0 Å². The number of carbonyl (C=O) groups is 3. The third-order valence-corrected chi connectivity index (χ3v) is 5.87. The Morgan fingerprint density at radius 3 is 1.74 bits per heavy atom. The van der Waals surface area contributed by atoms with Gasteiger partial charge in [-0.15, -0.1) is 0 Å². The quantitative estimate of drug-likeness (QED) is 0.189. The van der Waals surface area contributed by atoms with Crippen molar-refractivity contribution in [2.75, 3.05) is 13.2 Å². The monoisotopic (exact) mass is 490 g/mol. The van der Waals surface area contributed by atoms with Gasteiger partial charge in [0.15, 0.2) is 5.60 Å². The summed E-state index contributed by atoms with van der Waals surface area (Å²) in [5, 5.41) is 39.9. The minimum atomic E-state index is -2.70. The van der Waals surface area contributed by atoms with Gasteiger partial charge in [0, 0.05) is 0 Å². The Balaban J connectivity index is 4.64. The average Bonchev–Trinajstić information content (AvgIpc) is 2.74. The molecule has 0 heterocycles. The summed E-state index contributed by atoms with van der Waals surface area (Å²) >= 11 is 0. The Hall–Kier alpha value is -1.71. The van der Waals surface area contributed by atoms with Crippen LogP contribution in [0.2, 0.25) is 0 Å². The maximum atomic E-state index is 12.1. The van der Waals surface area contributed by atoms with Gasteiger partial charge in [0.2, 0.25) is 0 Å². The number of carbonyl (C=O) groups excluding carboxylic acids is 2. The second-order valence-corrected chi connectivity index (χ2v) is 9.53. The summed E-state index contributed by atoms with van der Waals surface area (Å²) in [4.78, 5) is 35.7. The van der Waals surface area contributed by atoms with Gasteiger partial charge in [-0.25, -0.2) is 4.79 Å². The van der Waals surface area contributed by atoms with Crippen molar-refractivity contribution in [2.24, 2.45) is 11.8 Å². The Labute approximate surface area is 203 Å². The van der Waals surface area contributed by atoms with Gasteiger partial charge in [-0.3, -0.25) is 9.59 Å². The number of unbranched alkanes of at least 4 members (excludes halogenated alkanes) is 1. The van der Waals surface area contributed by atoms with Crippen molar-refractivity contribution in [2.45, 2.75) is 116 Å². The lowest BCUT2D eigenvalue weighted by molar-refractivity contribution is -0.174. The van der Waals surface area contributed by atoms with E-state index >= 15 is 0 Å². The standard InChI is InChI=1S/C25H46O9/c1-5-8-11-19(10-7-3)13-21(27)17-34-23(29)15-25(32,24(30)31)14-22(28)33-16-20(26)12-18(4)9-6-2/h18-21,26-27,32H,5-17H2,1-4H3,(H,30,31). The van der Waals surface area contributed by atoms with Crippen molar-refractivity contribution in [3.63, 3.8) is 0 Å². The molecule has 0 fully saturated rings. The molecule has 4 N–H and O–H groups in total. The van der Waals surface area contributed by atoms with Crippen molar-refractivity contribution in [3.05, 3.63) is 0 Å². The Kier molecular flexibility index (Phi) is 16.8. The lowest BCUT2D eigenvalue weighted by Gasteiger charge is -2.23. The summed E-state index contributed by atoms with van der Waals surface area (Å²) in [6, 6.07) is 0. The number of carboxylic acids is 1. The molecule has 9 heteroatoms. The Morgan fingerprint density at radius 2 is 1.29 bits per heavy atom. The predicted molar refractivity (Wildman–Crippen MR) is 127 cm³/mol. The van der Waals surface area contributed by atoms with E-state index in [-0.39, 0.29) is 19.1 Å². The van der Waals surface area contributed by atoms with E-state index in [2.05, 4.69) is 13.8 Å². The highest BCUT2D eigenvalue weighted by atomic mass is 16.5. The van der Waals surface area contributed by atoms with Gasteiger partial charge < -0.3 is 29.9 Å². The zero-order chi connectivity index (χ0) is 26.1. The fraction of sp³-hybridized carbons (Fsp3) is 0.880. The second kappa shape index (κ2) is 17.7. The summed E-state index contributed by atoms with van der Waals surface area (Å²) in [6.07, 6.45) is 4.07. The van der Waals surface area contributed by atoms with Crippen molar-refractivity contribution >= 4 is 17.9 Å². The van der Waals surface area contributed by atoms with Crippen molar-refractivity contribution in [1.29, 1.82) is 0 Å². The molecule has 5 atom stereocenters. The highest BCUT2D eigenvalue weighted by molar-refractivity contribution is 5.89. The number of carboxylic acid groups (broad SMARTS) is 1. The topological polar surface area (TPSA) is 151 Å². The molecule has 34 heavy (non-hydrogen) atoms. The molecule has 0 amide bonds. The normalized spacial score (nSPS) is 16.7. The molecule has 5 unspecified atom stereocenters. The van der Waals surface area contributed by atoms with E-state index in [9.17, 15) is 34.8 Å². The summed E-state index contributed by atoms with van der Waals surface area (Å²) in [5.74, 6) is -3.29. The molecule has 0 spiro atoms. The van der Waals surface area contributed by atoms with Gasteiger partial charge in [0.05, 0.1) is 25.0 Å². The lowest BCUT2D eigenvalue weighted by Crippen LogP contribution is -2.44. The zero-order valence-electron chi connectivity index (χ0n) is 21.3. The summed E-state index contributed by atoms with van der Waals surface area (Å²) in [6.45, 7) is 7.52. The van der Waals surface area contributed by atoms with E-state index in [1.54, 1.807) is 0 Å². The largest absolute Gasteiger partial charge is 0.479 e. The molecule has 0 saturated carbocycles. The second-order valence-electron chi connectivity index (χ2n) is 9.53. The number of aliphatic hydroxyl groups is 3. The number of rotatable bonds is 20. The first-order valence-corrected chi connectivity index (χ1v) is 12.6. The van der Waals surface area contributed by atoms with E-state index in [1.807, 2.05) is 13.8 Å². The molecule has 0 saturated heterocycles. The fourth-order valence-electron chi connectivity index (χ4n) is 4.05. The van der Waals surface area contributed by atoms with Crippen LogP contribution in [-0.2, 0) is 23.9 Å². The molecule has 0 aromatic carbocycles. The smallest absolute Gasteiger partial charge is 0.336 e. The van der Waals surface area contributed by atoms with E-state index in [4.69, 9.17) is 9.47 Å². The number of esters is 2. The van der Waals surface area contributed by atoms with Crippen LogP contribution in [0.15, 0.2) is 0 Å². The molecule has 0 aromatic heterocycles. The SMILES string of the molecule is CCCCC(CCC)CC(O)COC(=O)CC(O)(CC(=O)OCC(O)CC(C)CCC)C(=O)O. The third-order valence-electron chi connectivity index (χ3n) is 5.87. The number of aliphatic carboxylic acids is 1. The van der Waals surface area contributed by atoms with Crippen LogP contribution in [0.5, 0.6) is 0 Å². The van der Waals surface area contributed by atoms with Crippen LogP contribution < -0.4 is 0 Å². The van der Waals surface area contributed by atoms with Crippen molar-refractivity contribution < 1.29 is 44.3 Å². The first-order valence-electron chi connectivity index (χ1n) is 12.6. The van der Waals surface area contributed by atoms with Crippen LogP contribution in [0.25, 0.3) is 0 Å². The highest BCUT2D eigenvalue weighted by Gasteiger charge is 2.42. The molecule has 0 radical (unpaired) electrons. The maximum Gasteiger partial charge on any atom is 0.336 e. The first kappa shape index (κ1) is 32.3. The predicted octanol–water partition coefficient (Wildman–Crippen LogP) is 3.21. The third kappa shape index (κ3) is 14.5. The fourth-order valence-corrected chi connectivity index (χ4v) is 4.05. The van der Waals surface area contributed by atoms with Gasteiger partial charge in [-0.1, -0.05) is 72.6 Å². The number of hydrogen-bond acceptors (Lipinski definition) is 8. The minimum absolute atomic E-state index is 0.240. The molecule has 0 aromatic rings. The molecule has 0 aliphatic carbocycles. The number of aliphatic hydroxyl groups excluding tert-OH is 2. The first-order chi connectivity index (χ1) is 16.0. The molecule has 200 valence electrons. The van der Waals surface area contributed by atoms with E-state index in [0.29, 0.717) is 18.8 Å². The van der Waals surface area contributed by atoms with Crippen LogP contribution >= 0.6 is 0 Å². The van der Waals surface area contributed by atoms with Gasteiger partial charge in [0.1, 0.15) is 13.2 Å². The zero-order valence-corrected chi connectivity index (χ0v) is 21.3. The molecule has 9 nitrogen and oxygen atoms in total. The van der Waals surface area contributed by atoms with Crippen LogP contribution in [0.1, 0.15) is 98.3 Å². The van der Waals surface area contributed by atoms with Crippen LogP contribution in [0, 0.1) is 11.8 Å². The number of ether oxygens (including phenoxy) is 2. The molecule has 0 rings (SSSR count). The van der Waals surface area contributed by atoms with Crippen molar-refractivity contribution in [3.8, 4) is 0 Å². The van der Waals surface area contributed by atoms with E-state index in [0.717, 1.165) is 44.9 Å². The molecule has 0 aliphatic rings. The van der Waals surface area contributed by atoms with E-state index < -0.39 is 48.6 Å². The summed E-state index contributed by atoms with van der Waals surface area (Å²) < 4.78 is 9.88. The Morgan fingerprint density at radius 1 is 0.794 bits per heavy atom. The highest BCUT2D eigenvalue weighted by Crippen LogP contribution is 2.22. The van der Waals surface area contributed by atoms with Crippen LogP contribution in [-0.4, -0.2) is 69.4 Å². The van der Waals surface area contributed by atoms with Gasteiger partial charge in [0.25, 0.3) is 0 Å². The Bertz CT molecular complexity index is 595. The van der Waals surface area contributed by atoms with Gasteiger partial charge >= 0.3 is 17.9 Å². The summed E-state index contributed by atoms with van der Waals surface area (Å²) in [5.41, 5.74) is -2.70. The van der Waals surface area contributed by atoms with Gasteiger partial charge in [-0.05, 0) is 24.7 Å².